The van der Waals surface area contributed by atoms with E-state index in [2.05, 4.69) is 74.0 Å². The van der Waals surface area contributed by atoms with Gasteiger partial charge >= 0.3 is 11.9 Å². The number of carboxylic acids is 2. The fraction of sp³-hybridized carbons (Fsp3) is 0.317. The summed E-state index contributed by atoms with van der Waals surface area (Å²) in [6.07, 6.45) is 9.08. The Morgan fingerprint density at radius 2 is 1.59 bits per heavy atom. The summed E-state index contributed by atoms with van der Waals surface area (Å²) in [7, 11) is 0. The molecule has 58 heavy (non-hydrogen) atoms. The van der Waals surface area contributed by atoms with Crippen LogP contribution in [0, 0.1) is 5.92 Å². The van der Waals surface area contributed by atoms with E-state index in [1.807, 2.05) is 48.5 Å². The number of amides is 1. The molecule has 1 fully saturated rings. The molecule has 0 bridgehead atoms. The molecule has 14 nitrogen and oxygen atoms in total. The quantitative estimate of drug-likeness (QED) is 0.0732. The number of nitrogens with one attached hydrogen (secondary N) is 3. The van der Waals surface area contributed by atoms with Gasteiger partial charge in [-0.25, -0.2) is 9.97 Å². The molecule has 0 saturated carbocycles. The number of carbonyl (C=O) groups is 3. The van der Waals surface area contributed by atoms with Gasteiger partial charge in [-0.1, -0.05) is 68.0 Å². The van der Waals surface area contributed by atoms with Crippen LogP contribution in [0.5, 0.6) is 0 Å². The van der Waals surface area contributed by atoms with Crippen molar-refractivity contribution < 1.29 is 29.0 Å². The van der Waals surface area contributed by atoms with Crippen LogP contribution in [0.4, 0.5) is 16.6 Å². The summed E-state index contributed by atoms with van der Waals surface area (Å²) in [6, 6.07) is 19.7. The van der Waals surface area contributed by atoms with Crippen molar-refractivity contribution in [1.82, 2.24) is 30.5 Å². The van der Waals surface area contributed by atoms with E-state index in [0.29, 0.717) is 21.8 Å². The third-order valence-electron chi connectivity index (χ3n) is 8.60. The van der Waals surface area contributed by atoms with Crippen molar-refractivity contribution in [1.29, 1.82) is 0 Å². The lowest BCUT2D eigenvalue weighted by molar-refractivity contribution is -0.143. The highest BCUT2D eigenvalue weighted by Gasteiger charge is 2.22. The third kappa shape index (κ3) is 13.9. The summed E-state index contributed by atoms with van der Waals surface area (Å²) in [5, 5.41) is 37.7. The number of fused-ring (bicyclic) bond motifs is 1. The van der Waals surface area contributed by atoms with Crippen LogP contribution in [0.1, 0.15) is 69.4 Å². The minimum absolute atomic E-state index is 0.0352. The van der Waals surface area contributed by atoms with E-state index < -0.39 is 11.9 Å². The fourth-order valence-electron chi connectivity index (χ4n) is 5.49. The normalized spacial score (nSPS) is 12.8. The number of piperidine rings is 1. The van der Waals surface area contributed by atoms with Crippen molar-refractivity contribution in [2.75, 3.05) is 23.7 Å². The SMILES string of the molecule is CC(C)(C)c1cnc(CSc2cnc(NC(=O)C3CCNCC3)s2)o1.Clc1ccc(Nc2nnc(Cc3ccncc3)c3ccccc23)cc1.O=C(O)CCC(=O)O. The zero-order valence-corrected chi connectivity index (χ0v) is 34.7. The maximum atomic E-state index is 12.2. The summed E-state index contributed by atoms with van der Waals surface area (Å²) in [5.74, 6) is 1.00. The molecular weight excluding hydrogens is 800 g/mol. The summed E-state index contributed by atoms with van der Waals surface area (Å²) in [6.45, 7) is 8.12. The number of carbonyl (C=O) groups excluding carboxylic acids is 1. The lowest BCUT2D eigenvalue weighted by Crippen LogP contribution is -2.34. The van der Waals surface area contributed by atoms with Crippen LogP contribution in [-0.2, 0) is 32.0 Å². The predicted molar refractivity (Wildman–Crippen MR) is 227 cm³/mol. The van der Waals surface area contributed by atoms with Crippen molar-refractivity contribution in [2.24, 2.45) is 5.92 Å². The maximum Gasteiger partial charge on any atom is 0.303 e. The van der Waals surface area contributed by atoms with Crippen LogP contribution >= 0.6 is 34.7 Å². The number of pyridine rings is 1. The Labute approximate surface area is 349 Å². The van der Waals surface area contributed by atoms with Crippen LogP contribution in [0.3, 0.4) is 0 Å². The van der Waals surface area contributed by atoms with Crippen molar-refractivity contribution >= 4 is 80.0 Å². The van der Waals surface area contributed by atoms with Crippen LogP contribution in [0.15, 0.2) is 94.1 Å². The number of anilines is 3. The molecule has 0 atom stereocenters. The number of aliphatic carboxylic acids is 2. The first-order valence-corrected chi connectivity index (χ1v) is 20.7. The number of hydrogen-bond donors (Lipinski definition) is 5. The van der Waals surface area contributed by atoms with Gasteiger partial charge in [-0.3, -0.25) is 19.4 Å². The minimum atomic E-state index is -1.08. The molecule has 1 aliphatic rings. The summed E-state index contributed by atoms with van der Waals surface area (Å²) in [4.78, 5) is 44.2. The molecule has 6 aromatic rings. The first-order valence-electron chi connectivity index (χ1n) is 18.5. The van der Waals surface area contributed by atoms with Crippen molar-refractivity contribution in [3.63, 3.8) is 0 Å². The topological polar surface area (TPSA) is 205 Å². The molecule has 0 radical (unpaired) electrons. The van der Waals surface area contributed by atoms with Gasteiger partial charge in [0.05, 0.1) is 40.9 Å². The molecule has 0 aliphatic carbocycles. The average Bonchev–Trinajstić information content (AvgIpc) is 3.89. The zero-order chi connectivity index (χ0) is 41.5. The number of thiazole rings is 1. The fourth-order valence-corrected chi connectivity index (χ4v) is 7.35. The highest BCUT2D eigenvalue weighted by atomic mass is 35.5. The van der Waals surface area contributed by atoms with Gasteiger partial charge < -0.3 is 30.6 Å². The third-order valence-corrected chi connectivity index (χ3v) is 10.9. The molecule has 1 saturated heterocycles. The first-order chi connectivity index (χ1) is 27.8. The van der Waals surface area contributed by atoms with Gasteiger partial charge in [0.2, 0.25) is 11.8 Å². The smallest absolute Gasteiger partial charge is 0.303 e. The van der Waals surface area contributed by atoms with Gasteiger partial charge in [0.25, 0.3) is 0 Å². The van der Waals surface area contributed by atoms with Gasteiger partial charge in [0, 0.05) is 51.6 Å². The van der Waals surface area contributed by atoms with Crippen molar-refractivity contribution in [2.45, 2.75) is 68.3 Å². The summed E-state index contributed by atoms with van der Waals surface area (Å²) in [5.41, 5.74) is 2.99. The second-order valence-electron chi connectivity index (χ2n) is 14.1. The predicted octanol–water partition coefficient (Wildman–Crippen LogP) is 8.61. The number of thioether (sulfide) groups is 1. The Bertz CT molecular complexity index is 2240. The van der Waals surface area contributed by atoms with Crippen LogP contribution in [0.2, 0.25) is 5.02 Å². The van der Waals surface area contributed by atoms with Crippen LogP contribution in [-0.4, -0.2) is 66.3 Å². The Morgan fingerprint density at radius 3 is 2.22 bits per heavy atom. The molecule has 0 unspecified atom stereocenters. The largest absolute Gasteiger partial charge is 0.481 e. The lowest BCUT2D eigenvalue weighted by atomic mass is 9.94. The Hall–Kier alpha value is -5.42. The number of halogens is 1. The number of carboxylic acid groups (broad SMARTS) is 2. The van der Waals surface area contributed by atoms with E-state index in [-0.39, 0.29) is 30.1 Å². The molecule has 5 N–H and O–H groups in total. The highest BCUT2D eigenvalue weighted by molar-refractivity contribution is 8.00. The number of benzene rings is 2. The second kappa shape index (κ2) is 21.4. The average molecular weight is 845 g/mol. The zero-order valence-electron chi connectivity index (χ0n) is 32.3. The molecule has 4 aromatic heterocycles. The molecule has 0 spiro atoms. The first kappa shape index (κ1) is 43.7. The number of hydrogen-bond acceptors (Lipinski definition) is 13. The van der Waals surface area contributed by atoms with Gasteiger partial charge in [-0.15, -0.1) is 16.9 Å². The molecule has 5 heterocycles. The van der Waals surface area contributed by atoms with Crippen molar-refractivity contribution in [3.8, 4) is 0 Å². The van der Waals surface area contributed by atoms with Gasteiger partial charge in [-0.05, 0) is 67.9 Å². The standard InChI is InChI=1S/C20H15ClN4.C17H24N4O2S2.C4H6O4/c21-15-5-7-16(8-6-15)23-20-18-4-2-1-3-17(18)19(24-25-20)13-14-9-11-22-12-10-14;1-17(2,3)12-8-19-13(23-12)10-24-14-9-20-16(25-14)21-15(22)11-4-6-18-7-5-11;5-3(6)1-2-4(7)8/h1-12H,13H2,(H,23,25);8-9,11,18H,4-7,10H2,1-3H3,(H,20,21,22);1-2H2,(H,5,6)(H,7,8). The van der Waals surface area contributed by atoms with E-state index in [4.69, 9.17) is 26.2 Å². The molecule has 17 heteroatoms. The summed E-state index contributed by atoms with van der Waals surface area (Å²) >= 11 is 9.06. The van der Waals surface area contributed by atoms with Crippen molar-refractivity contribution in [3.05, 3.63) is 113 Å². The maximum absolute atomic E-state index is 12.2. The molecular formula is C41H45ClN8O6S2. The molecule has 1 aliphatic heterocycles. The number of nitrogens with zero attached hydrogens (tertiary/aromatic N) is 5. The number of rotatable bonds is 12. The van der Waals surface area contributed by atoms with Gasteiger partial charge in [-0.2, -0.15) is 5.10 Å². The van der Waals surface area contributed by atoms with Gasteiger partial charge in [0.15, 0.2) is 10.9 Å². The summed E-state index contributed by atoms with van der Waals surface area (Å²) < 4.78 is 6.84. The number of aromatic nitrogens is 5. The van der Waals surface area contributed by atoms with E-state index >= 15 is 0 Å². The van der Waals surface area contributed by atoms with Gasteiger partial charge in [0.1, 0.15) is 5.76 Å². The highest BCUT2D eigenvalue weighted by Crippen LogP contribution is 2.32. The van der Waals surface area contributed by atoms with E-state index in [1.165, 1.54) is 11.3 Å². The molecule has 7 rings (SSSR count). The number of oxazole rings is 1. The second-order valence-corrected chi connectivity index (χ2v) is 16.9. The Morgan fingerprint density at radius 1 is 0.914 bits per heavy atom. The molecule has 2 aromatic carbocycles. The van der Waals surface area contributed by atoms with E-state index in [9.17, 15) is 14.4 Å². The molecule has 1 amide bonds. The van der Waals surface area contributed by atoms with E-state index in [0.717, 1.165) is 75.9 Å². The van der Waals surface area contributed by atoms with Crippen LogP contribution in [0.25, 0.3) is 10.8 Å². The van der Waals surface area contributed by atoms with E-state index in [1.54, 1.807) is 36.5 Å². The Balaban J connectivity index is 0.000000187. The lowest BCUT2D eigenvalue weighted by Gasteiger charge is -2.20. The molecule has 304 valence electrons. The minimum Gasteiger partial charge on any atom is -0.481 e. The Kier molecular flexibility index (Phi) is 16.1. The monoisotopic (exact) mass is 844 g/mol. The van der Waals surface area contributed by atoms with Crippen LogP contribution < -0.4 is 16.0 Å².